The van der Waals surface area contributed by atoms with Gasteiger partial charge in [0, 0.05) is 19.2 Å². The number of carbonyl (C=O) groups excluding carboxylic acids is 1. The average Bonchev–Trinajstić information content (AvgIpc) is 2.88. The minimum absolute atomic E-state index is 0.0228. The molecule has 0 radical (unpaired) electrons. The normalized spacial score (nSPS) is 10.5. The molecule has 3 rings (SSSR count). The summed E-state index contributed by atoms with van der Waals surface area (Å²) in [6.07, 6.45) is 0. The quantitative estimate of drug-likeness (QED) is 0.805. The van der Waals surface area contributed by atoms with Gasteiger partial charge in [0.15, 0.2) is 5.56 Å². The number of hydrogen-bond donors (Lipinski definition) is 1. The molecule has 0 atom stereocenters. The van der Waals surface area contributed by atoms with Crippen LogP contribution in [0.1, 0.15) is 15.9 Å². The number of benzene rings is 2. The summed E-state index contributed by atoms with van der Waals surface area (Å²) in [6, 6.07) is 18.7. The molecule has 5 nitrogen and oxygen atoms in total. The molecule has 0 aliphatic rings. The zero-order valence-corrected chi connectivity index (χ0v) is 12.7. The summed E-state index contributed by atoms with van der Waals surface area (Å²) in [5.74, 6) is -0.443. The van der Waals surface area contributed by atoms with Crippen molar-refractivity contribution in [1.82, 2.24) is 10.1 Å². The van der Waals surface area contributed by atoms with Gasteiger partial charge in [0.1, 0.15) is 5.69 Å². The number of nitrogens with zero attached hydrogens (tertiary/aromatic N) is 1. The van der Waals surface area contributed by atoms with Gasteiger partial charge in [0.2, 0.25) is 0 Å². The van der Waals surface area contributed by atoms with Gasteiger partial charge in [0.25, 0.3) is 5.91 Å². The molecule has 1 amide bonds. The Labute approximate surface area is 133 Å². The van der Waals surface area contributed by atoms with E-state index in [0.29, 0.717) is 12.2 Å². The van der Waals surface area contributed by atoms with Crippen molar-refractivity contribution in [3.8, 4) is 11.3 Å². The molecule has 0 fully saturated rings. The zero-order valence-electron chi connectivity index (χ0n) is 12.7. The molecule has 5 heteroatoms. The fourth-order valence-corrected chi connectivity index (χ4v) is 2.46. The molecule has 23 heavy (non-hydrogen) atoms. The molecule has 1 N–H and O–H groups in total. The lowest BCUT2D eigenvalue weighted by Crippen LogP contribution is -2.27. The fourth-order valence-electron chi connectivity index (χ4n) is 2.46. The largest absolute Gasteiger partial charge is 0.370 e. The Morgan fingerprint density at radius 2 is 1.65 bits per heavy atom. The Morgan fingerprint density at radius 1 is 1.04 bits per heavy atom. The van der Waals surface area contributed by atoms with Crippen LogP contribution in [-0.4, -0.2) is 10.6 Å². The van der Waals surface area contributed by atoms with E-state index in [1.165, 1.54) is 4.74 Å². The Kier molecular flexibility index (Phi) is 4.10. The molecule has 1 heterocycles. The molecular formula is C18H16N2O3. The van der Waals surface area contributed by atoms with E-state index in [4.69, 9.17) is 4.52 Å². The summed E-state index contributed by atoms with van der Waals surface area (Å²) in [4.78, 5) is 24.5. The van der Waals surface area contributed by atoms with Crippen LogP contribution in [0.15, 0.2) is 70.0 Å². The van der Waals surface area contributed by atoms with Gasteiger partial charge in [-0.2, -0.15) is 0 Å². The van der Waals surface area contributed by atoms with E-state index < -0.39 is 11.5 Å². The molecule has 3 aromatic rings. The summed E-state index contributed by atoms with van der Waals surface area (Å²) in [5.41, 5.74) is 1.57. The molecule has 2 aromatic carbocycles. The van der Waals surface area contributed by atoms with Gasteiger partial charge < -0.3 is 9.84 Å². The predicted molar refractivity (Wildman–Crippen MR) is 87.0 cm³/mol. The van der Waals surface area contributed by atoms with Crippen molar-refractivity contribution in [3.63, 3.8) is 0 Å². The molecule has 0 saturated carbocycles. The van der Waals surface area contributed by atoms with Crippen LogP contribution in [0.4, 0.5) is 0 Å². The van der Waals surface area contributed by atoms with Crippen molar-refractivity contribution in [3.05, 3.63) is 82.2 Å². The van der Waals surface area contributed by atoms with Crippen LogP contribution in [0.2, 0.25) is 0 Å². The first-order valence-corrected chi connectivity index (χ1v) is 7.24. The molecule has 0 saturated heterocycles. The fraction of sp³-hybridized carbons (Fsp3) is 0.111. The van der Waals surface area contributed by atoms with Gasteiger partial charge in [0.05, 0.1) is 0 Å². The zero-order chi connectivity index (χ0) is 16.2. The molecule has 0 aliphatic heterocycles. The lowest BCUT2D eigenvalue weighted by Gasteiger charge is -2.06. The number of hydrogen-bond acceptors (Lipinski definition) is 3. The molecule has 0 aliphatic carbocycles. The number of nitrogens with one attached hydrogen (secondary N) is 1. The molecule has 0 spiro atoms. The Hall–Kier alpha value is -3.08. The first kappa shape index (κ1) is 14.8. The van der Waals surface area contributed by atoms with E-state index in [0.717, 1.165) is 11.1 Å². The third-order valence-corrected chi connectivity index (χ3v) is 3.55. The first-order valence-electron chi connectivity index (χ1n) is 7.24. The smallest absolute Gasteiger partial charge is 0.348 e. The van der Waals surface area contributed by atoms with Crippen molar-refractivity contribution in [2.75, 3.05) is 0 Å². The van der Waals surface area contributed by atoms with Crippen molar-refractivity contribution < 1.29 is 9.32 Å². The number of aromatic nitrogens is 1. The maximum absolute atomic E-state index is 12.5. The highest BCUT2D eigenvalue weighted by Gasteiger charge is 2.23. The molecule has 0 unspecified atom stereocenters. The minimum Gasteiger partial charge on any atom is -0.348 e. The van der Waals surface area contributed by atoms with Gasteiger partial charge in [-0.1, -0.05) is 60.7 Å². The van der Waals surface area contributed by atoms with Gasteiger partial charge in [-0.05, 0) is 5.56 Å². The van der Waals surface area contributed by atoms with Crippen LogP contribution < -0.4 is 10.9 Å². The number of amides is 1. The summed E-state index contributed by atoms with van der Waals surface area (Å²) < 4.78 is 6.40. The Morgan fingerprint density at radius 3 is 2.30 bits per heavy atom. The van der Waals surface area contributed by atoms with Gasteiger partial charge in [-0.15, -0.1) is 0 Å². The first-order chi connectivity index (χ1) is 11.2. The topological polar surface area (TPSA) is 64.2 Å². The second-order valence-electron chi connectivity index (χ2n) is 5.13. The van der Waals surface area contributed by atoms with Crippen LogP contribution >= 0.6 is 0 Å². The SMILES string of the molecule is Cn1oc(=O)c(C(=O)NCc2ccccc2)c1-c1ccccc1. The van der Waals surface area contributed by atoms with Gasteiger partial charge >= 0.3 is 5.63 Å². The van der Waals surface area contributed by atoms with Gasteiger partial charge in [-0.3, -0.25) is 4.79 Å². The van der Waals surface area contributed by atoms with E-state index in [2.05, 4.69) is 5.32 Å². The monoisotopic (exact) mass is 308 g/mol. The van der Waals surface area contributed by atoms with E-state index >= 15 is 0 Å². The maximum atomic E-state index is 12.5. The maximum Gasteiger partial charge on any atom is 0.370 e. The van der Waals surface area contributed by atoms with E-state index in [-0.39, 0.29) is 5.56 Å². The number of aryl methyl sites for hydroxylation is 1. The lowest BCUT2D eigenvalue weighted by molar-refractivity contribution is 0.0949. The highest BCUT2D eigenvalue weighted by atomic mass is 16.5. The summed E-state index contributed by atoms with van der Waals surface area (Å²) in [5, 5.41) is 2.77. The second-order valence-corrected chi connectivity index (χ2v) is 5.13. The summed E-state index contributed by atoms with van der Waals surface area (Å²) in [6.45, 7) is 0.349. The Balaban J connectivity index is 1.90. The number of rotatable bonds is 4. The summed E-state index contributed by atoms with van der Waals surface area (Å²) >= 11 is 0. The van der Waals surface area contributed by atoms with Crippen LogP contribution in [0.3, 0.4) is 0 Å². The minimum atomic E-state index is -0.642. The van der Waals surface area contributed by atoms with E-state index in [1.807, 2.05) is 60.7 Å². The van der Waals surface area contributed by atoms with Crippen molar-refractivity contribution in [1.29, 1.82) is 0 Å². The highest BCUT2D eigenvalue weighted by Crippen LogP contribution is 2.21. The lowest BCUT2D eigenvalue weighted by atomic mass is 10.1. The van der Waals surface area contributed by atoms with Crippen LogP contribution in [0, 0.1) is 0 Å². The molecular weight excluding hydrogens is 292 g/mol. The standard InChI is InChI=1S/C18H16N2O3/c1-20-16(14-10-6-3-7-11-14)15(18(22)23-20)17(21)19-12-13-8-4-2-5-9-13/h2-11H,12H2,1H3,(H,19,21). The van der Waals surface area contributed by atoms with Crippen molar-refractivity contribution in [2.24, 2.45) is 7.05 Å². The van der Waals surface area contributed by atoms with Crippen LogP contribution in [0.5, 0.6) is 0 Å². The van der Waals surface area contributed by atoms with E-state index in [1.54, 1.807) is 7.05 Å². The van der Waals surface area contributed by atoms with E-state index in [9.17, 15) is 9.59 Å². The third-order valence-electron chi connectivity index (χ3n) is 3.55. The number of carbonyl (C=O) groups is 1. The Bertz CT molecular complexity index is 864. The molecule has 0 bridgehead atoms. The highest BCUT2D eigenvalue weighted by molar-refractivity contribution is 5.99. The average molecular weight is 308 g/mol. The predicted octanol–water partition coefficient (Wildman–Crippen LogP) is 2.58. The third kappa shape index (κ3) is 3.08. The van der Waals surface area contributed by atoms with Crippen molar-refractivity contribution in [2.45, 2.75) is 6.54 Å². The summed E-state index contributed by atoms with van der Waals surface area (Å²) in [7, 11) is 1.61. The van der Waals surface area contributed by atoms with Crippen molar-refractivity contribution >= 4 is 5.91 Å². The van der Waals surface area contributed by atoms with Crippen LogP contribution in [-0.2, 0) is 13.6 Å². The second kappa shape index (κ2) is 6.36. The van der Waals surface area contributed by atoms with Gasteiger partial charge in [-0.25, -0.2) is 9.53 Å². The molecule has 116 valence electrons. The van der Waals surface area contributed by atoms with Crippen LogP contribution in [0.25, 0.3) is 11.3 Å². The molecule has 1 aromatic heterocycles.